The molecule has 0 bridgehead atoms. The predicted molar refractivity (Wildman–Crippen MR) is 87.7 cm³/mol. The first-order valence-corrected chi connectivity index (χ1v) is 8.29. The molecule has 0 spiro atoms. The van der Waals surface area contributed by atoms with E-state index in [0.717, 1.165) is 23.5 Å². The fourth-order valence-electron chi connectivity index (χ4n) is 1.91. The Morgan fingerprint density at radius 3 is 1.85 bits per heavy atom. The quantitative estimate of drug-likeness (QED) is 0.341. The SMILES string of the molecule is C=CCC/C=N/P(=O)(c1ccccc1)c1ccccc1. The summed E-state index contributed by atoms with van der Waals surface area (Å²) < 4.78 is 17.8. The minimum absolute atomic E-state index is 0.757. The van der Waals surface area contributed by atoms with Gasteiger partial charge in [0, 0.05) is 16.8 Å². The summed E-state index contributed by atoms with van der Waals surface area (Å²) in [5.74, 6) is 0. The van der Waals surface area contributed by atoms with Gasteiger partial charge in [-0.15, -0.1) is 6.58 Å². The molecule has 20 heavy (non-hydrogen) atoms. The van der Waals surface area contributed by atoms with Crippen molar-refractivity contribution in [2.24, 2.45) is 4.76 Å². The van der Waals surface area contributed by atoms with Crippen molar-refractivity contribution >= 4 is 24.1 Å². The molecule has 2 aromatic carbocycles. The molecule has 2 aromatic rings. The number of rotatable bonds is 6. The van der Waals surface area contributed by atoms with Crippen LogP contribution in [-0.4, -0.2) is 6.21 Å². The lowest BCUT2D eigenvalue weighted by atomic mass is 10.3. The Labute approximate surface area is 120 Å². The first kappa shape index (κ1) is 14.5. The summed E-state index contributed by atoms with van der Waals surface area (Å²) in [6.45, 7) is 3.68. The van der Waals surface area contributed by atoms with E-state index in [2.05, 4.69) is 11.3 Å². The highest BCUT2D eigenvalue weighted by Crippen LogP contribution is 2.44. The van der Waals surface area contributed by atoms with E-state index in [1.165, 1.54) is 0 Å². The fourth-order valence-corrected chi connectivity index (χ4v) is 3.97. The Morgan fingerprint density at radius 2 is 1.40 bits per heavy atom. The maximum atomic E-state index is 13.4. The molecule has 0 saturated heterocycles. The second-order valence-electron chi connectivity index (χ2n) is 4.41. The summed E-state index contributed by atoms with van der Waals surface area (Å²) in [7, 11) is -2.93. The van der Waals surface area contributed by atoms with E-state index in [1.807, 2.05) is 66.7 Å². The largest absolute Gasteiger partial charge is 0.288 e. The minimum atomic E-state index is -2.93. The van der Waals surface area contributed by atoms with Crippen LogP contribution in [0.2, 0.25) is 0 Å². The zero-order valence-corrected chi connectivity index (χ0v) is 12.2. The summed E-state index contributed by atoms with van der Waals surface area (Å²) in [4.78, 5) is 0. The van der Waals surface area contributed by atoms with Gasteiger partial charge in [-0.1, -0.05) is 42.5 Å². The third kappa shape index (κ3) is 3.34. The summed E-state index contributed by atoms with van der Waals surface area (Å²) in [5.41, 5.74) is 0. The van der Waals surface area contributed by atoms with Crippen LogP contribution in [0.4, 0.5) is 0 Å². The maximum absolute atomic E-state index is 13.4. The molecule has 0 N–H and O–H groups in total. The zero-order valence-electron chi connectivity index (χ0n) is 11.4. The number of hydrogen-bond donors (Lipinski definition) is 0. The van der Waals surface area contributed by atoms with Crippen molar-refractivity contribution in [1.82, 2.24) is 0 Å². The lowest BCUT2D eigenvalue weighted by Crippen LogP contribution is -2.14. The van der Waals surface area contributed by atoms with Gasteiger partial charge < -0.3 is 0 Å². The number of unbranched alkanes of at least 4 members (excludes halogenated alkanes) is 1. The molecule has 0 aliphatic carbocycles. The molecular weight excluding hydrogens is 265 g/mol. The Morgan fingerprint density at radius 1 is 0.900 bits per heavy atom. The van der Waals surface area contributed by atoms with Crippen molar-refractivity contribution in [2.75, 3.05) is 0 Å². The van der Waals surface area contributed by atoms with Crippen molar-refractivity contribution in [1.29, 1.82) is 0 Å². The van der Waals surface area contributed by atoms with E-state index in [4.69, 9.17) is 0 Å². The van der Waals surface area contributed by atoms with Crippen molar-refractivity contribution < 1.29 is 4.57 Å². The molecule has 0 atom stereocenters. The number of nitrogens with zero attached hydrogens (tertiary/aromatic N) is 1. The maximum Gasteiger partial charge on any atom is 0.247 e. The first-order chi connectivity index (χ1) is 9.77. The topological polar surface area (TPSA) is 29.4 Å². The van der Waals surface area contributed by atoms with Crippen molar-refractivity contribution in [2.45, 2.75) is 12.8 Å². The summed E-state index contributed by atoms with van der Waals surface area (Å²) in [6.07, 6.45) is 5.19. The van der Waals surface area contributed by atoms with E-state index >= 15 is 0 Å². The van der Waals surface area contributed by atoms with Gasteiger partial charge in [-0.3, -0.25) is 4.57 Å². The Hall–Kier alpha value is -1.92. The molecule has 0 amide bonds. The number of benzene rings is 2. The summed E-state index contributed by atoms with van der Waals surface area (Å²) in [6, 6.07) is 18.9. The van der Waals surface area contributed by atoms with Crippen molar-refractivity contribution in [3.05, 3.63) is 73.3 Å². The first-order valence-electron chi connectivity index (χ1n) is 6.63. The van der Waals surface area contributed by atoms with Gasteiger partial charge in [0.15, 0.2) is 0 Å². The Kier molecular flexibility index (Phi) is 5.09. The second kappa shape index (κ2) is 7.02. The zero-order chi connectivity index (χ0) is 14.3. The van der Waals surface area contributed by atoms with E-state index < -0.39 is 7.29 Å². The highest BCUT2D eigenvalue weighted by Gasteiger charge is 2.25. The average molecular weight is 283 g/mol. The minimum Gasteiger partial charge on any atom is -0.288 e. The average Bonchev–Trinajstić information content (AvgIpc) is 2.53. The van der Waals surface area contributed by atoms with Crippen LogP contribution in [0, 0.1) is 0 Å². The second-order valence-corrected chi connectivity index (χ2v) is 6.83. The van der Waals surface area contributed by atoms with E-state index in [1.54, 1.807) is 6.21 Å². The smallest absolute Gasteiger partial charge is 0.247 e. The summed E-state index contributed by atoms with van der Waals surface area (Å²) >= 11 is 0. The van der Waals surface area contributed by atoms with Gasteiger partial charge in [0.2, 0.25) is 7.29 Å². The molecule has 0 radical (unpaired) electrons. The van der Waals surface area contributed by atoms with E-state index in [9.17, 15) is 4.57 Å². The fraction of sp³-hybridized carbons (Fsp3) is 0.118. The van der Waals surface area contributed by atoms with Gasteiger partial charge in [-0.05, 0) is 37.1 Å². The van der Waals surface area contributed by atoms with Crippen LogP contribution >= 0.6 is 7.29 Å². The molecule has 0 aromatic heterocycles. The standard InChI is InChI=1S/C17H18NOP/c1-2-3-10-15-18-20(19,16-11-6-4-7-12-16)17-13-8-5-9-14-17/h2,4-9,11-15H,1,3,10H2/b18-15+. The molecule has 0 saturated carbocycles. The predicted octanol–water partition coefficient (Wildman–Crippen LogP) is 3.95. The molecule has 0 fully saturated rings. The van der Waals surface area contributed by atoms with Gasteiger partial charge in [-0.25, -0.2) is 4.76 Å². The molecule has 3 heteroatoms. The lowest BCUT2D eigenvalue weighted by Gasteiger charge is -2.14. The van der Waals surface area contributed by atoms with Crippen LogP contribution < -0.4 is 10.6 Å². The van der Waals surface area contributed by atoms with Crippen LogP contribution in [-0.2, 0) is 4.57 Å². The molecule has 2 nitrogen and oxygen atoms in total. The van der Waals surface area contributed by atoms with Crippen molar-refractivity contribution in [3.8, 4) is 0 Å². The van der Waals surface area contributed by atoms with E-state index in [-0.39, 0.29) is 0 Å². The molecule has 0 heterocycles. The van der Waals surface area contributed by atoms with Crippen LogP contribution in [0.25, 0.3) is 0 Å². The van der Waals surface area contributed by atoms with Gasteiger partial charge in [-0.2, -0.15) is 0 Å². The van der Waals surface area contributed by atoms with Gasteiger partial charge in [0.25, 0.3) is 0 Å². The normalized spacial score (nSPS) is 11.6. The third-order valence-corrected chi connectivity index (χ3v) is 5.44. The van der Waals surface area contributed by atoms with Gasteiger partial charge in [0.1, 0.15) is 0 Å². The highest BCUT2D eigenvalue weighted by molar-refractivity contribution is 7.77. The third-order valence-electron chi connectivity index (χ3n) is 2.96. The number of allylic oxidation sites excluding steroid dienone is 1. The van der Waals surface area contributed by atoms with Crippen LogP contribution in [0.5, 0.6) is 0 Å². The van der Waals surface area contributed by atoms with Crippen molar-refractivity contribution in [3.63, 3.8) is 0 Å². The number of hydrogen-bond acceptors (Lipinski definition) is 1. The lowest BCUT2D eigenvalue weighted by molar-refractivity contribution is 0.588. The molecule has 0 aliphatic rings. The van der Waals surface area contributed by atoms with Crippen LogP contribution in [0.1, 0.15) is 12.8 Å². The molecular formula is C17H18NOP. The van der Waals surface area contributed by atoms with Gasteiger partial charge in [0.05, 0.1) is 0 Å². The molecule has 2 rings (SSSR count). The molecule has 102 valence electrons. The van der Waals surface area contributed by atoms with Gasteiger partial charge >= 0.3 is 0 Å². The van der Waals surface area contributed by atoms with Crippen LogP contribution in [0.3, 0.4) is 0 Å². The molecule has 0 unspecified atom stereocenters. The van der Waals surface area contributed by atoms with E-state index in [0.29, 0.717) is 0 Å². The monoisotopic (exact) mass is 283 g/mol. The Balaban J connectivity index is 2.42. The summed E-state index contributed by atoms with van der Waals surface area (Å²) in [5, 5.41) is 1.53. The molecule has 0 aliphatic heterocycles. The van der Waals surface area contributed by atoms with Crippen LogP contribution in [0.15, 0.2) is 78.1 Å². The Bertz CT molecular complexity index is 576. The highest BCUT2D eigenvalue weighted by atomic mass is 31.2.